The average molecular weight is 433 g/mol. The Morgan fingerprint density at radius 1 is 1.13 bits per heavy atom. The van der Waals surface area contributed by atoms with E-state index in [-0.39, 0.29) is 24.9 Å². The van der Waals surface area contributed by atoms with Crippen molar-refractivity contribution in [2.45, 2.75) is 32.7 Å². The summed E-state index contributed by atoms with van der Waals surface area (Å²) in [6, 6.07) is 12.8. The van der Waals surface area contributed by atoms with Crippen LogP contribution in [0.3, 0.4) is 0 Å². The average Bonchev–Trinajstić information content (AvgIpc) is 2.70. The molecule has 0 fully saturated rings. The summed E-state index contributed by atoms with van der Waals surface area (Å²) in [6.45, 7) is 5.06. The number of nitrogens with zero attached hydrogens (tertiary/aromatic N) is 1. The van der Waals surface area contributed by atoms with Gasteiger partial charge in [-0.1, -0.05) is 24.3 Å². The molecule has 1 atom stereocenters. The molecule has 162 valence electrons. The second kappa shape index (κ2) is 9.38. The van der Waals surface area contributed by atoms with Crippen molar-refractivity contribution in [2.75, 3.05) is 30.3 Å². The van der Waals surface area contributed by atoms with Gasteiger partial charge < -0.3 is 14.8 Å². The number of rotatable bonds is 8. The molecule has 8 heteroatoms. The van der Waals surface area contributed by atoms with Gasteiger partial charge in [-0.2, -0.15) is 0 Å². The molecule has 0 unspecified atom stereocenters. The van der Waals surface area contributed by atoms with Crippen molar-refractivity contribution in [2.24, 2.45) is 0 Å². The van der Waals surface area contributed by atoms with Crippen LogP contribution in [0.4, 0.5) is 5.69 Å². The van der Waals surface area contributed by atoms with E-state index in [0.717, 1.165) is 11.1 Å². The highest BCUT2D eigenvalue weighted by Crippen LogP contribution is 2.32. The van der Waals surface area contributed by atoms with Crippen LogP contribution in [0.5, 0.6) is 11.5 Å². The zero-order valence-electron chi connectivity index (χ0n) is 17.6. The number of amides is 1. The highest BCUT2D eigenvalue weighted by atomic mass is 32.2. The van der Waals surface area contributed by atoms with Gasteiger partial charge in [0.2, 0.25) is 15.9 Å². The molecule has 3 rings (SSSR count). The minimum atomic E-state index is -3.44. The summed E-state index contributed by atoms with van der Waals surface area (Å²) in [5.41, 5.74) is 2.44. The number of para-hydroxylation sites is 1. The topological polar surface area (TPSA) is 84.9 Å². The first-order valence-electron chi connectivity index (χ1n) is 9.98. The van der Waals surface area contributed by atoms with Gasteiger partial charge in [0.05, 0.1) is 18.0 Å². The summed E-state index contributed by atoms with van der Waals surface area (Å²) < 4.78 is 37.0. The Labute approximate surface area is 178 Å². The van der Waals surface area contributed by atoms with Crippen LogP contribution < -0.4 is 19.1 Å². The van der Waals surface area contributed by atoms with Crippen LogP contribution >= 0.6 is 0 Å². The minimum Gasteiger partial charge on any atom is -0.486 e. The molecule has 0 saturated heterocycles. The smallest absolute Gasteiger partial charge is 0.232 e. The summed E-state index contributed by atoms with van der Waals surface area (Å²) >= 11 is 0. The predicted molar refractivity (Wildman–Crippen MR) is 117 cm³/mol. The minimum absolute atomic E-state index is 0.129. The molecule has 2 aromatic rings. The number of benzene rings is 2. The van der Waals surface area contributed by atoms with E-state index in [1.165, 1.54) is 10.6 Å². The van der Waals surface area contributed by atoms with Crippen molar-refractivity contribution < 1.29 is 22.7 Å². The van der Waals surface area contributed by atoms with E-state index in [9.17, 15) is 13.2 Å². The first-order chi connectivity index (χ1) is 14.3. The maximum absolute atomic E-state index is 12.4. The summed E-state index contributed by atoms with van der Waals surface area (Å²) in [5, 5.41) is 2.96. The van der Waals surface area contributed by atoms with Gasteiger partial charge in [-0.15, -0.1) is 0 Å². The third-order valence-corrected chi connectivity index (χ3v) is 6.17. The van der Waals surface area contributed by atoms with Gasteiger partial charge in [-0.25, -0.2) is 8.42 Å². The molecule has 1 N–H and O–H groups in total. The van der Waals surface area contributed by atoms with Gasteiger partial charge in [0, 0.05) is 13.0 Å². The number of sulfonamides is 1. The molecule has 7 nitrogen and oxygen atoms in total. The van der Waals surface area contributed by atoms with Crippen LogP contribution in [0.25, 0.3) is 0 Å². The molecule has 0 bridgehead atoms. The van der Waals surface area contributed by atoms with E-state index in [2.05, 4.69) is 5.32 Å². The second-order valence-corrected chi connectivity index (χ2v) is 9.32. The standard InChI is InChI=1S/C22H28N2O5S/c1-16-7-4-5-8-19(16)24(30(3,26)27)12-6-9-22(25)23-17(2)18-10-11-20-21(15-18)29-14-13-28-20/h4-5,7-8,10-11,15,17H,6,9,12-14H2,1-3H3,(H,23,25)/t17-/m1/s1. The third-order valence-electron chi connectivity index (χ3n) is 4.99. The van der Waals surface area contributed by atoms with Crippen molar-refractivity contribution in [1.82, 2.24) is 5.32 Å². The van der Waals surface area contributed by atoms with Crippen molar-refractivity contribution in [3.8, 4) is 11.5 Å². The number of nitrogens with one attached hydrogen (secondary N) is 1. The predicted octanol–water partition coefficient (Wildman–Crippen LogP) is 3.19. The Bertz CT molecular complexity index is 1010. The fourth-order valence-corrected chi connectivity index (χ4v) is 4.44. The summed E-state index contributed by atoms with van der Waals surface area (Å²) in [4.78, 5) is 12.4. The number of anilines is 1. The number of carbonyl (C=O) groups is 1. The summed E-state index contributed by atoms with van der Waals surface area (Å²) in [7, 11) is -3.44. The van der Waals surface area contributed by atoms with Gasteiger partial charge in [-0.05, 0) is 49.6 Å². The zero-order chi connectivity index (χ0) is 21.7. The molecule has 30 heavy (non-hydrogen) atoms. The number of carbonyl (C=O) groups excluding carboxylic acids is 1. The fourth-order valence-electron chi connectivity index (χ4n) is 3.42. The zero-order valence-corrected chi connectivity index (χ0v) is 18.4. The lowest BCUT2D eigenvalue weighted by molar-refractivity contribution is -0.121. The number of hydrogen-bond donors (Lipinski definition) is 1. The first-order valence-corrected chi connectivity index (χ1v) is 11.8. The first kappa shape index (κ1) is 22.0. The highest BCUT2D eigenvalue weighted by molar-refractivity contribution is 7.92. The summed E-state index contributed by atoms with van der Waals surface area (Å²) in [6.07, 6.45) is 1.83. The Balaban J connectivity index is 1.56. The molecule has 0 spiro atoms. The highest BCUT2D eigenvalue weighted by Gasteiger charge is 2.20. The molecule has 1 aliphatic heterocycles. The third kappa shape index (κ3) is 5.44. The number of ether oxygens (including phenoxy) is 2. The number of aryl methyl sites for hydroxylation is 1. The Kier molecular flexibility index (Phi) is 6.87. The SMILES string of the molecule is Cc1ccccc1N(CCCC(=O)N[C@H](C)c1ccc2c(c1)OCCO2)S(C)(=O)=O. The molecule has 1 amide bonds. The molecule has 0 radical (unpaired) electrons. The van der Waals surface area contributed by atoms with Crippen molar-refractivity contribution in [3.63, 3.8) is 0 Å². The Morgan fingerprint density at radius 3 is 2.53 bits per heavy atom. The Hall–Kier alpha value is -2.74. The van der Waals surface area contributed by atoms with E-state index in [1.54, 1.807) is 6.07 Å². The monoisotopic (exact) mass is 432 g/mol. The van der Waals surface area contributed by atoms with Crippen LogP contribution in [0, 0.1) is 6.92 Å². The lowest BCUT2D eigenvalue weighted by atomic mass is 10.1. The van der Waals surface area contributed by atoms with Crippen molar-refractivity contribution in [1.29, 1.82) is 0 Å². The fraction of sp³-hybridized carbons (Fsp3) is 0.409. The van der Waals surface area contributed by atoms with Gasteiger partial charge >= 0.3 is 0 Å². The van der Waals surface area contributed by atoms with Gasteiger partial charge in [0.25, 0.3) is 0 Å². The van der Waals surface area contributed by atoms with E-state index in [0.29, 0.717) is 36.8 Å². The molecule has 1 aliphatic rings. The van der Waals surface area contributed by atoms with E-state index < -0.39 is 10.0 Å². The maximum atomic E-state index is 12.4. The van der Waals surface area contributed by atoms with Crippen LogP contribution in [-0.2, 0) is 14.8 Å². The summed E-state index contributed by atoms with van der Waals surface area (Å²) in [5.74, 6) is 1.26. The van der Waals surface area contributed by atoms with Crippen molar-refractivity contribution >= 4 is 21.6 Å². The van der Waals surface area contributed by atoms with Crippen LogP contribution in [0.2, 0.25) is 0 Å². The van der Waals surface area contributed by atoms with Gasteiger partial charge in [0.1, 0.15) is 13.2 Å². The van der Waals surface area contributed by atoms with Crippen LogP contribution in [0.1, 0.15) is 36.9 Å². The lowest BCUT2D eigenvalue weighted by Crippen LogP contribution is -2.33. The number of fused-ring (bicyclic) bond motifs is 1. The van der Waals surface area contributed by atoms with E-state index >= 15 is 0 Å². The quantitative estimate of drug-likeness (QED) is 0.693. The maximum Gasteiger partial charge on any atom is 0.232 e. The van der Waals surface area contributed by atoms with Crippen LogP contribution in [0.15, 0.2) is 42.5 Å². The molecule has 0 aromatic heterocycles. The lowest BCUT2D eigenvalue weighted by Gasteiger charge is -2.24. The molecule has 0 saturated carbocycles. The van der Waals surface area contributed by atoms with Gasteiger partial charge in [-0.3, -0.25) is 9.10 Å². The molecule has 2 aromatic carbocycles. The van der Waals surface area contributed by atoms with Crippen LogP contribution in [-0.4, -0.2) is 40.3 Å². The van der Waals surface area contributed by atoms with E-state index in [1.807, 2.05) is 50.2 Å². The molecule has 0 aliphatic carbocycles. The molecule has 1 heterocycles. The molecular formula is C22H28N2O5S. The molecular weight excluding hydrogens is 404 g/mol. The Morgan fingerprint density at radius 2 is 1.83 bits per heavy atom. The largest absolute Gasteiger partial charge is 0.486 e. The second-order valence-electron chi connectivity index (χ2n) is 7.42. The van der Waals surface area contributed by atoms with Gasteiger partial charge in [0.15, 0.2) is 11.5 Å². The van der Waals surface area contributed by atoms with E-state index in [4.69, 9.17) is 9.47 Å². The van der Waals surface area contributed by atoms with Crippen molar-refractivity contribution in [3.05, 3.63) is 53.6 Å². The number of hydrogen-bond acceptors (Lipinski definition) is 5. The normalized spacial score (nSPS) is 14.1.